The first-order valence-electron chi connectivity index (χ1n) is 14.7. The summed E-state index contributed by atoms with van der Waals surface area (Å²) in [5.41, 5.74) is 1.50. The quantitative estimate of drug-likeness (QED) is 0.301. The molecule has 5 aliphatic rings. The van der Waals surface area contributed by atoms with Crippen molar-refractivity contribution >= 4 is 17.3 Å². The first kappa shape index (κ1) is 26.0. The van der Waals surface area contributed by atoms with Crippen molar-refractivity contribution in [2.45, 2.75) is 104 Å². The third kappa shape index (κ3) is 4.21. The molecule has 0 bridgehead atoms. The monoisotopic (exact) mass is 501 g/mol. The van der Waals surface area contributed by atoms with Crippen LogP contribution in [0.5, 0.6) is 0 Å². The second-order valence-corrected chi connectivity index (χ2v) is 14.3. The van der Waals surface area contributed by atoms with E-state index >= 15 is 0 Å². The Morgan fingerprint density at radius 1 is 0.943 bits per heavy atom. The zero-order valence-corrected chi connectivity index (χ0v) is 24.0. The summed E-state index contributed by atoms with van der Waals surface area (Å²) in [5.74, 6) is 6.00. The van der Waals surface area contributed by atoms with E-state index < -0.39 is 0 Å². The van der Waals surface area contributed by atoms with Gasteiger partial charge in [0, 0.05) is 6.54 Å². The lowest BCUT2D eigenvalue weighted by Crippen LogP contribution is -2.61. The Labute approximate surface area is 220 Å². The van der Waals surface area contributed by atoms with Crippen LogP contribution in [0, 0.1) is 51.8 Å². The number of hydrogen-bond donors (Lipinski definition) is 1. The molecule has 0 aliphatic heterocycles. The Morgan fingerprint density at radius 2 is 1.66 bits per heavy atom. The fourth-order valence-corrected chi connectivity index (χ4v) is 11.3. The summed E-state index contributed by atoms with van der Waals surface area (Å²) in [4.78, 5) is 0. The minimum atomic E-state index is 0.374. The first-order valence-corrected chi connectivity index (χ1v) is 15.2. The Balaban J connectivity index is 1.33. The van der Waals surface area contributed by atoms with Crippen LogP contribution >= 0.6 is 12.2 Å². The molecule has 4 heteroatoms. The van der Waals surface area contributed by atoms with Crippen LogP contribution in [0.4, 0.5) is 0 Å². The lowest BCUT2D eigenvalue weighted by Gasteiger charge is -2.68. The molecule has 5 fully saturated rings. The normalized spacial score (nSPS) is 48.7. The molecule has 10 atom stereocenters. The van der Waals surface area contributed by atoms with Crippen molar-refractivity contribution in [1.29, 1.82) is 0 Å². The Hall–Kier alpha value is -0.610. The summed E-state index contributed by atoms with van der Waals surface area (Å²) >= 11 is 5.31. The van der Waals surface area contributed by atoms with Crippen molar-refractivity contribution in [2.75, 3.05) is 20.2 Å². The van der Waals surface area contributed by atoms with Crippen molar-refractivity contribution in [3.05, 3.63) is 12.3 Å². The number of nitrogens with one attached hydrogen (secondary N) is 1. The molecule has 10 unspecified atom stereocenters. The van der Waals surface area contributed by atoms with Gasteiger partial charge in [-0.25, -0.2) is 0 Å². The highest BCUT2D eigenvalue weighted by Gasteiger charge is 2.64. The van der Waals surface area contributed by atoms with Crippen LogP contribution in [0.1, 0.15) is 98.3 Å². The summed E-state index contributed by atoms with van der Waals surface area (Å²) < 4.78 is 11.5. The van der Waals surface area contributed by atoms with Gasteiger partial charge in [0.25, 0.3) is 0 Å². The van der Waals surface area contributed by atoms with Crippen molar-refractivity contribution in [1.82, 2.24) is 5.32 Å². The summed E-state index contributed by atoms with van der Waals surface area (Å²) in [5, 5.41) is 4.41. The van der Waals surface area contributed by atoms with Gasteiger partial charge < -0.3 is 14.8 Å². The minimum absolute atomic E-state index is 0.374. The van der Waals surface area contributed by atoms with E-state index in [1.54, 1.807) is 7.11 Å². The van der Waals surface area contributed by atoms with Gasteiger partial charge >= 0.3 is 0 Å². The fraction of sp³-hybridized carbons (Fsp3) is 0.903. The van der Waals surface area contributed by atoms with Crippen LogP contribution in [0.2, 0.25) is 0 Å². The highest BCUT2D eigenvalue weighted by Crippen LogP contribution is 2.71. The Bertz CT molecular complexity index is 829. The van der Waals surface area contributed by atoms with E-state index in [1.807, 2.05) is 6.92 Å². The van der Waals surface area contributed by atoms with Gasteiger partial charge in [-0.05, 0) is 135 Å². The second-order valence-electron chi connectivity index (χ2n) is 13.9. The largest absolute Gasteiger partial charge is 0.495 e. The van der Waals surface area contributed by atoms with Crippen LogP contribution < -0.4 is 5.32 Å². The Kier molecular flexibility index (Phi) is 7.14. The molecule has 0 heterocycles. The third-order valence-corrected chi connectivity index (χ3v) is 12.9. The smallest absolute Gasteiger partial charge is 0.173 e. The summed E-state index contributed by atoms with van der Waals surface area (Å²) in [6, 6.07) is 0. The number of thiocarbonyl (C=S) groups is 1. The molecule has 0 aromatic rings. The van der Waals surface area contributed by atoms with Crippen LogP contribution in [0.25, 0.3) is 0 Å². The number of rotatable bonds is 6. The van der Waals surface area contributed by atoms with Crippen LogP contribution in [0.15, 0.2) is 12.3 Å². The summed E-state index contributed by atoms with van der Waals surface area (Å²) in [6.45, 7) is 15.9. The maximum atomic E-state index is 6.24. The topological polar surface area (TPSA) is 30.5 Å². The van der Waals surface area contributed by atoms with Gasteiger partial charge in [0.05, 0.1) is 19.4 Å². The van der Waals surface area contributed by atoms with E-state index in [1.165, 1.54) is 70.6 Å². The number of ether oxygens (including phenoxy) is 2. The van der Waals surface area contributed by atoms with E-state index in [-0.39, 0.29) is 0 Å². The molecule has 1 N–H and O–H groups in total. The molecule has 0 amide bonds. The van der Waals surface area contributed by atoms with E-state index in [9.17, 15) is 0 Å². The average Bonchev–Trinajstić information content (AvgIpc) is 3.25. The van der Waals surface area contributed by atoms with Crippen LogP contribution in [-0.2, 0) is 9.47 Å². The van der Waals surface area contributed by atoms with Gasteiger partial charge in [-0.15, -0.1) is 0 Å². The maximum Gasteiger partial charge on any atom is 0.173 e. The zero-order valence-electron chi connectivity index (χ0n) is 23.2. The number of hydrogen-bond acceptors (Lipinski definition) is 4. The van der Waals surface area contributed by atoms with Gasteiger partial charge in [0.2, 0.25) is 0 Å². The molecule has 0 aromatic carbocycles. The van der Waals surface area contributed by atoms with E-state index in [0.29, 0.717) is 33.3 Å². The second kappa shape index (κ2) is 9.61. The molecule has 35 heavy (non-hydrogen) atoms. The van der Waals surface area contributed by atoms with Crippen molar-refractivity contribution < 1.29 is 9.47 Å². The number of fused-ring (bicyclic) bond motifs is 7. The van der Waals surface area contributed by atoms with Gasteiger partial charge in [-0.2, -0.15) is 0 Å². The molecule has 0 aromatic heterocycles. The lowest BCUT2D eigenvalue weighted by atomic mass is 9.37. The predicted molar refractivity (Wildman–Crippen MR) is 148 cm³/mol. The molecule has 0 saturated heterocycles. The SMILES string of the molecule is C=C(C)OC1CCC2(C)C(CCC3(C)C4CCC5(CNCC(=S)OC)CCCC5C4CCC23)C1C. The van der Waals surface area contributed by atoms with E-state index in [0.717, 1.165) is 48.4 Å². The molecular weight excluding hydrogens is 450 g/mol. The molecule has 5 saturated carbocycles. The Morgan fingerprint density at radius 3 is 2.40 bits per heavy atom. The van der Waals surface area contributed by atoms with Gasteiger partial charge in [0.1, 0.15) is 6.10 Å². The minimum Gasteiger partial charge on any atom is -0.495 e. The van der Waals surface area contributed by atoms with E-state index in [2.05, 4.69) is 32.7 Å². The van der Waals surface area contributed by atoms with E-state index in [4.69, 9.17) is 21.7 Å². The van der Waals surface area contributed by atoms with Crippen molar-refractivity contribution in [2.24, 2.45) is 51.8 Å². The van der Waals surface area contributed by atoms with Gasteiger partial charge in [0.15, 0.2) is 5.05 Å². The standard InChI is InChI=1S/C31H51NO2S/c1-20(2)34-26-13-16-29(4)23(21(26)3)11-15-30(5)24-12-17-31(19-32-18-28(35)33-6)14-7-8-25(31)22(24)9-10-27(29)30/h21-27,32H,1,7-19H2,2-6H3. The molecule has 0 radical (unpaired) electrons. The van der Waals surface area contributed by atoms with Gasteiger partial charge in [-0.1, -0.05) is 33.8 Å². The van der Waals surface area contributed by atoms with Crippen LogP contribution in [-0.4, -0.2) is 31.4 Å². The molecule has 5 aliphatic carbocycles. The lowest BCUT2D eigenvalue weighted by molar-refractivity contribution is -0.196. The fourth-order valence-electron chi connectivity index (χ4n) is 11.2. The molecule has 198 valence electrons. The zero-order chi connectivity index (χ0) is 25.0. The summed E-state index contributed by atoms with van der Waals surface area (Å²) in [6.07, 6.45) is 15.8. The highest BCUT2D eigenvalue weighted by atomic mass is 32.1. The maximum absolute atomic E-state index is 6.24. The van der Waals surface area contributed by atoms with Gasteiger partial charge in [-0.3, -0.25) is 0 Å². The number of methoxy groups -OCH3 is 1. The average molecular weight is 502 g/mol. The summed E-state index contributed by atoms with van der Waals surface area (Å²) in [7, 11) is 1.70. The molecular formula is C31H51NO2S. The molecule has 5 rings (SSSR count). The third-order valence-electron chi connectivity index (χ3n) is 12.5. The van der Waals surface area contributed by atoms with Crippen LogP contribution in [0.3, 0.4) is 0 Å². The number of allylic oxidation sites excluding steroid dienone is 1. The molecule has 3 nitrogen and oxygen atoms in total. The first-order chi connectivity index (χ1) is 16.6. The molecule has 0 spiro atoms. The van der Waals surface area contributed by atoms with Crippen molar-refractivity contribution in [3.63, 3.8) is 0 Å². The van der Waals surface area contributed by atoms with Crippen molar-refractivity contribution in [3.8, 4) is 0 Å². The predicted octanol–water partition coefficient (Wildman–Crippen LogP) is 7.54. The highest BCUT2D eigenvalue weighted by molar-refractivity contribution is 7.80.